The van der Waals surface area contributed by atoms with E-state index in [-0.39, 0.29) is 24.3 Å². The molecule has 2 atom stereocenters. The third-order valence-electron chi connectivity index (χ3n) is 6.63. The van der Waals surface area contributed by atoms with Crippen LogP contribution in [0.3, 0.4) is 0 Å². The minimum Gasteiger partial charge on any atom is -0.485 e. The summed E-state index contributed by atoms with van der Waals surface area (Å²) in [5, 5.41) is 2.02. The topological polar surface area (TPSA) is 82.1 Å². The molecule has 0 aromatic heterocycles. The Morgan fingerprint density at radius 2 is 1.63 bits per heavy atom. The van der Waals surface area contributed by atoms with Gasteiger partial charge in [-0.15, -0.1) is 0 Å². The van der Waals surface area contributed by atoms with E-state index < -0.39 is 45.2 Å². The number of para-hydroxylation sites is 1. The number of hydrogen-bond acceptors (Lipinski definition) is 6. The lowest BCUT2D eigenvalue weighted by Crippen LogP contribution is -2.40. The van der Waals surface area contributed by atoms with Crippen LogP contribution in [0.1, 0.15) is 56.8 Å². The van der Waals surface area contributed by atoms with Gasteiger partial charge < -0.3 is 18.6 Å². The molecule has 0 radical (unpaired) electrons. The molecule has 4 rings (SSSR count). The second kappa shape index (κ2) is 11.3. The Labute approximate surface area is 237 Å². The maximum absolute atomic E-state index is 13.4. The van der Waals surface area contributed by atoms with Crippen molar-refractivity contribution in [2.75, 3.05) is 6.54 Å². The highest BCUT2D eigenvalue weighted by molar-refractivity contribution is 7.87. The molecular weight excluding hydrogens is 559 g/mol. The first kappa shape index (κ1) is 30.2. The van der Waals surface area contributed by atoms with Gasteiger partial charge in [0.2, 0.25) is 0 Å². The molecule has 0 fully saturated rings. The van der Waals surface area contributed by atoms with Crippen molar-refractivity contribution < 1.29 is 40.0 Å². The highest BCUT2D eigenvalue weighted by Gasteiger charge is 2.49. The van der Waals surface area contributed by atoms with Crippen molar-refractivity contribution in [1.29, 1.82) is 0 Å². The first-order valence-electron chi connectivity index (χ1n) is 13.0. The van der Waals surface area contributed by atoms with E-state index in [1.807, 2.05) is 50.2 Å². The molecule has 0 saturated carbocycles. The van der Waals surface area contributed by atoms with Gasteiger partial charge >= 0.3 is 21.7 Å². The summed E-state index contributed by atoms with van der Waals surface area (Å²) in [5.74, 6) is -0.329. The van der Waals surface area contributed by atoms with Crippen molar-refractivity contribution in [3.05, 3.63) is 83.4 Å². The second-order valence-electron chi connectivity index (χ2n) is 10.8. The number of ether oxygens (including phenoxy) is 2. The molecule has 1 heterocycles. The summed E-state index contributed by atoms with van der Waals surface area (Å²) in [6.45, 7) is 9.22. The van der Waals surface area contributed by atoms with Crippen LogP contribution in [0.4, 0.5) is 18.0 Å². The zero-order valence-corrected chi connectivity index (χ0v) is 24.2. The predicted octanol–water partition coefficient (Wildman–Crippen LogP) is 7.50. The maximum Gasteiger partial charge on any atom is 0.534 e. The molecule has 7 nitrogen and oxygen atoms in total. The molecule has 0 unspecified atom stereocenters. The number of rotatable bonds is 7. The summed E-state index contributed by atoms with van der Waals surface area (Å²) < 4.78 is 79.1. The fourth-order valence-electron chi connectivity index (χ4n) is 4.64. The Hall–Kier alpha value is -3.73. The van der Waals surface area contributed by atoms with Gasteiger partial charge in [0.15, 0.2) is 5.76 Å². The molecule has 0 bridgehead atoms. The van der Waals surface area contributed by atoms with E-state index in [1.54, 1.807) is 26.8 Å². The lowest BCUT2D eigenvalue weighted by Gasteiger charge is -2.34. The zero-order valence-electron chi connectivity index (χ0n) is 23.4. The van der Waals surface area contributed by atoms with Crippen LogP contribution < -0.4 is 4.74 Å². The standard InChI is InChI=1S/C30H32F3NO6S/c1-19-14-15-23(24-11-7-6-10-22(19)24)20(2)34(28(35)39-29(3,4)5)17-16-21-18-27(40-41(36,37)30(31,32)33)25-12-8-9-13-26(25)38-21/h6-15,18,20-21H,16-17H2,1-5H3/t20-,21-/m1/s1. The number of carbonyl (C=O) groups is 1. The molecule has 3 aromatic rings. The molecule has 0 aliphatic carbocycles. The molecule has 11 heteroatoms. The summed E-state index contributed by atoms with van der Waals surface area (Å²) >= 11 is 0. The molecule has 0 spiro atoms. The van der Waals surface area contributed by atoms with Gasteiger partial charge in [-0.1, -0.05) is 48.5 Å². The van der Waals surface area contributed by atoms with Crippen LogP contribution in [-0.2, 0) is 19.0 Å². The largest absolute Gasteiger partial charge is 0.534 e. The second-order valence-corrected chi connectivity index (χ2v) is 12.4. The van der Waals surface area contributed by atoms with Crippen molar-refractivity contribution in [2.24, 2.45) is 0 Å². The Morgan fingerprint density at radius 1 is 1.00 bits per heavy atom. The van der Waals surface area contributed by atoms with Crippen molar-refractivity contribution in [3.63, 3.8) is 0 Å². The maximum atomic E-state index is 13.4. The minimum atomic E-state index is -5.91. The van der Waals surface area contributed by atoms with Crippen LogP contribution in [0, 0.1) is 6.92 Å². The number of fused-ring (bicyclic) bond motifs is 2. The number of amides is 1. The number of carbonyl (C=O) groups excluding carboxylic acids is 1. The van der Waals surface area contributed by atoms with Crippen molar-refractivity contribution in [2.45, 2.75) is 64.3 Å². The van der Waals surface area contributed by atoms with Crippen LogP contribution in [0.2, 0.25) is 0 Å². The van der Waals surface area contributed by atoms with Crippen molar-refractivity contribution in [1.82, 2.24) is 4.90 Å². The van der Waals surface area contributed by atoms with E-state index in [0.29, 0.717) is 0 Å². The fraction of sp³-hybridized carbons (Fsp3) is 0.367. The monoisotopic (exact) mass is 591 g/mol. The van der Waals surface area contributed by atoms with E-state index in [0.717, 1.165) is 21.9 Å². The molecule has 3 aromatic carbocycles. The van der Waals surface area contributed by atoms with Gasteiger partial charge in [-0.2, -0.15) is 21.6 Å². The van der Waals surface area contributed by atoms with Crippen molar-refractivity contribution in [3.8, 4) is 5.75 Å². The van der Waals surface area contributed by atoms with Crippen LogP contribution in [0.15, 0.2) is 66.7 Å². The molecular formula is C30H32F3NO6S. The Kier molecular flexibility index (Phi) is 8.31. The lowest BCUT2D eigenvalue weighted by atomic mass is 9.95. The van der Waals surface area contributed by atoms with Crippen LogP contribution in [-0.4, -0.2) is 43.2 Å². The number of halogens is 3. The predicted molar refractivity (Wildman–Crippen MR) is 150 cm³/mol. The van der Waals surface area contributed by atoms with Crippen molar-refractivity contribution >= 4 is 32.7 Å². The molecule has 1 aliphatic rings. The van der Waals surface area contributed by atoms with E-state index >= 15 is 0 Å². The zero-order chi connectivity index (χ0) is 30.2. The highest BCUT2D eigenvalue weighted by atomic mass is 32.2. The van der Waals surface area contributed by atoms with Crippen LogP contribution in [0.25, 0.3) is 16.5 Å². The first-order chi connectivity index (χ1) is 19.1. The van der Waals surface area contributed by atoms with Crippen LogP contribution >= 0.6 is 0 Å². The van der Waals surface area contributed by atoms with Gasteiger partial charge in [0, 0.05) is 19.0 Å². The number of benzene rings is 3. The van der Waals surface area contributed by atoms with Gasteiger partial charge in [0.1, 0.15) is 17.5 Å². The Morgan fingerprint density at radius 3 is 2.29 bits per heavy atom. The third-order valence-corrected chi connectivity index (χ3v) is 7.59. The average molecular weight is 592 g/mol. The molecule has 41 heavy (non-hydrogen) atoms. The summed E-state index contributed by atoms with van der Waals surface area (Å²) in [6.07, 6.45) is -0.174. The van der Waals surface area contributed by atoms with E-state index in [2.05, 4.69) is 4.18 Å². The summed E-state index contributed by atoms with van der Waals surface area (Å²) in [5.41, 5.74) is -4.34. The van der Waals surface area contributed by atoms with Gasteiger partial charge in [-0.3, -0.25) is 0 Å². The smallest absolute Gasteiger partial charge is 0.485 e. The van der Waals surface area contributed by atoms with Gasteiger partial charge in [-0.05, 0) is 68.7 Å². The number of nitrogens with zero attached hydrogens (tertiary/aromatic N) is 1. The van der Waals surface area contributed by atoms with Gasteiger partial charge in [0.25, 0.3) is 0 Å². The fourth-order valence-corrected chi connectivity index (χ4v) is 5.12. The Balaban J connectivity index is 1.66. The summed E-state index contributed by atoms with van der Waals surface area (Å²) in [4.78, 5) is 15.0. The molecule has 220 valence electrons. The number of aryl methyl sites for hydroxylation is 1. The molecule has 0 N–H and O–H groups in total. The van der Waals surface area contributed by atoms with E-state index in [9.17, 15) is 26.4 Å². The lowest BCUT2D eigenvalue weighted by molar-refractivity contribution is -0.0510. The first-order valence-corrected chi connectivity index (χ1v) is 14.4. The van der Waals surface area contributed by atoms with Gasteiger partial charge in [0.05, 0.1) is 11.6 Å². The molecule has 0 saturated heterocycles. The average Bonchev–Trinajstić information content (AvgIpc) is 2.87. The normalized spacial score (nSPS) is 16.3. The van der Waals surface area contributed by atoms with E-state index in [4.69, 9.17) is 9.47 Å². The SMILES string of the molecule is Cc1ccc([C@@H](C)N(CC[C@@H]2C=C(OS(=O)(=O)C(F)(F)F)c3ccccc3O2)C(=O)OC(C)(C)C)c2ccccc12. The number of alkyl halides is 3. The minimum absolute atomic E-state index is 0.0695. The van der Waals surface area contributed by atoms with E-state index in [1.165, 1.54) is 29.2 Å². The third kappa shape index (κ3) is 6.78. The summed E-state index contributed by atoms with van der Waals surface area (Å²) in [7, 11) is -5.91. The Bertz CT molecular complexity index is 1580. The highest BCUT2D eigenvalue weighted by Crippen LogP contribution is 2.38. The molecule has 1 aliphatic heterocycles. The molecule has 1 amide bonds. The summed E-state index contributed by atoms with van der Waals surface area (Å²) in [6, 6.07) is 17.4. The van der Waals surface area contributed by atoms with Gasteiger partial charge in [-0.25, -0.2) is 4.79 Å². The quantitative estimate of drug-likeness (QED) is 0.209. The number of hydrogen-bond donors (Lipinski definition) is 0. The van der Waals surface area contributed by atoms with Crippen LogP contribution in [0.5, 0.6) is 5.75 Å².